The molecule has 100 valence electrons. The van der Waals surface area contributed by atoms with Gasteiger partial charge >= 0.3 is 11.9 Å². The van der Waals surface area contributed by atoms with Crippen LogP contribution in [0.25, 0.3) is 0 Å². The van der Waals surface area contributed by atoms with E-state index in [2.05, 4.69) is 0 Å². The molecule has 0 radical (unpaired) electrons. The molecule has 6 nitrogen and oxygen atoms in total. The van der Waals surface area contributed by atoms with Crippen molar-refractivity contribution in [1.29, 1.82) is 0 Å². The Hall–Kier alpha value is -1.98. The van der Waals surface area contributed by atoms with Crippen LogP contribution in [0.2, 0.25) is 0 Å². The second-order valence-electron chi connectivity index (χ2n) is 3.77. The summed E-state index contributed by atoms with van der Waals surface area (Å²) in [5.74, 6) is -2.95. The Bertz CT molecular complexity index is 322. The fraction of sp³-hybridized carbons (Fsp3) is 0.500. The minimum Gasteiger partial charge on any atom is -0.481 e. The maximum atomic E-state index is 11.0. The van der Waals surface area contributed by atoms with E-state index in [-0.39, 0.29) is 24.4 Å². The Balaban J connectivity index is 3.60. The summed E-state index contributed by atoms with van der Waals surface area (Å²) in [4.78, 5) is 42.3. The number of carbonyl (C=O) groups excluding carboxylic acids is 2. The van der Waals surface area contributed by atoms with Crippen LogP contribution >= 0.6 is 0 Å². The molecule has 0 saturated heterocycles. The van der Waals surface area contributed by atoms with Crippen molar-refractivity contribution in [3.8, 4) is 0 Å². The van der Waals surface area contributed by atoms with Gasteiger partial charge in [0.2, 0.25) is 0 Å². The van der Waals surface area contributed by atoms with Crippen LogP contribution in [-0.4, -0.2) is 33.7 Å². The molecule has 0 unspecified atom stereocenters. The number of rotatable bonds is 10. The fourth-order valence-corrected chi connectivity index (χ4v) is 1.24. The van der Waals surface area contributed by atoms with Gasteiger partial charge in [0, 0.05) is 12.8 Å². The first-order valence-corrected chi connectivity index (χ1v) is 5.53. The molecule has 0 rings (SSSR count). The Morgan fingerprint density at radius 1 is 0.722 bits per heavy atom. The zero-order valence-electron chi connectivity index (χ0n) is 9.92. The van der Waals surface area contributed by atoms with Gasteiger partial charge in [-0.25, -0.2) is 0 Å². The smallest absolute Gasteiger partial charge is 0.310 e. The van der Waals surface area contributed by atoms with E-state index in [0.29, 0.717) is 12.8 Å². The highest BCUT2D eigenvalue weighted by atomic mass is 16.4. The summed E-state index contributed by atoms with van der Waals surface area (Å²) in [6.45, 7) is 0. The first-order valence-electron chi connectivity index (χ1n) is 5.53. The van der Waals surface area contributed by atoms with Crippen LogP contribution < -0.4 is 0 Å². The number of hydrogen-bond donors (Lipinski definition) is 2. The lowest BCUT2D eigenvalue weighted by Crippen LogP contribution is -2.06. The van der Waals surface area contributed by atoms with Gasteiger partial charge in [0.15, 0.2) is 0 Å². The summed E-state index contributed by atoms with van der Waals surface area (Å²) in [6, 6.07) is 0. The molecular weight excluding hydrogens is 240 g/mol. The lowest BCUT2D eigenvalue weighted by atomic mass is 10.1. The predicted octanol–water partition coefficient (Wildman–Crippen LogP) is 1.19. The second-order valence-corrected chi connectivity index (χ2v) is 3.77. The van der Waals surface area contributed by atoms with E-state index in [1.165, 1.54) is 0 Å². The molecule has 0 aliphatic heterocycles. The SMILES string of the molecule is O=C(O)CC(=O)CC/C=C/CCC(=O)CC(=O)O. The Labute approximate surface area is 104 Å². The van der Waals surface area contributed by atoms with Gasteiger partial charge in [-0.3, -0.25) is 19.2 Å². The van der Waals surface area contributed by atoms with Gasteiger partial charge in [0.1, 0.15) is 24.4 Å². The molecule has 2 N–H and O–H groups in total. The third kappa shape index (κ3) is 10.5. The van der Waals surface area contributed by atoms with Gasteiger partial charge in [0.05, 0.1) is 0 Å². The normalized spacial score (nSPS) is 10.4. The molecule has 0 atom stereocenters. The standard InChI is InChI=1S/C12H16O6/c13-9(7-11(15)16)5-3-1-2-4-6-10(14)8-12(17)18/h1-2H,3-8H2,(H,15,16)(H,17,18)/b2-1+. The molecule has 0 aromatic carbocycles. The molecule has 6 heteroatoms. The Morgan fingerprint density at radius 3 is 1.33 bits per heavy atom. The third-order valence-electron chi connectivity index (χ3n) is 2.04. The zero-order valence-corrected chi connectivity index (χ0v) is 9.92. The highest BCUT2D eigenvalue weighted by Gasteiger charge is 2.06. The van der Waals surface area contributed by atoms with Crippen LogP contribution in [0.4, 0.5) is 0 Å². The van der Waals surface area contributed by atoms with Crippen LogP contribution in [0.1, 0.15) is 38.5 Å². The summed E-state index contributed by atoms with van der Waals surface area (Å²) in [5, 5.41) is 16.7. The second kappa shape index (κ2) is 9.09. The molecule has 0 spiro atoms. The monoisotopic (exact) mass is 256 g/mol. The van der Waals surface area contributed by atoms with Crippen LogP contribution in [0.5, 0.6) is 0 Å². The summed E-state index contributed by atoms with van der Waals surface area (Å²) in [7, 11) is 0. The van der Waals surface area contributed by atoms with Gasteiger partial charge < -0.3 is 10.2 Å². The molecule has 0 aliphatic rings. The Morgan fingerprint density at radius 2 is 1.06 bits per heavy atom. The van der Waals surface area contributed by atoms with Crippen molar-refractivity contribution in [1.82, 2.24) is 0 Å². The molecule has 0 heterocycles. The zero-order chi connectivity index (χ0) is 14.0. The van der Waals surface area contributed by atoms with Gasteiger partial charge in [0.25, 0.3) is 0 Å². The van der Waals surface area contributed by atoms with E-state index in [1.54, 1.807) is 12.2 Å². The molecule has 0 aliphatic carbocycles. The van der Waals surface area contributed by atoms with Gasteiger partial charge in [-0.1, -0.05) is 12.2 Å². The molecular formula is C12H16O6. The van der Waals surface area contributed by atoms with Crippen molar-refractivity contribution in [2.24, 2.45) is 0 Å². The van der Waals surface area contributed by atoms with Crippen LogP contribution in [0, 0.1) is 0 Å². The quantitative estimate of drug-likeness (QED) is 0.449. The summed E-state index contributed by atoms with van der Waals surface area (Å²) in [5.41, 5.74) is 0. The van der Waals surface area contributed by atoms with Gasteiger partial charge in [-0.05, 0) is 12.8 Å². The number of aliphatic carboxylic acids is 2. The minimum atomic E-state index is -1.14. The van der Waals surface area contributed by atoms with E-state index in [9.17, 15) is 19.2 Å². The number of carbonyl (C=O) groups is 4. The molecule has 0 fully saturated rings. The number of carboxylic acid groups (broad SMARTS) is 2. The lowest BCUT2D eigenvalue weighted by Gasteiger charge is -1.94. The molecule has 0 aromatic rings. The van der Waals surface area contributed by atoms with Gasteiger partial charge in [-0.15, -0.1) is 0 Å². The highest BCUT2D eigenvalue weighted by molar-refractivity contribution is 5.95. The van der Waals surface area contributed by atoms with E-state index < -0.39 is 24.8 Å². The summed E-state index contributed by atoms with van der Waals surface area (Å²) < 4.78 is 0. The largest absolute Gasteiger partial charge is 0.481 e. The molecule has 0 bridgehead atoms. The minimum absolute atomic E-state index is 0.159. The number of carboxylic acids is 2. The third-order valence-corrected chi connectivity index (χ3v) is 2.04. The molecule has 0 saturated carbocycles. The molecule has 0 aromatic heterocycles. The van der Waals surface area contributed by atoms with E-state index in [1.807, 2.05) is 0 Å². The first kappa shape index (κ1) is 16.0. The van der Waals surface area contributed by atoms with Crippen LogP contribution in [-0.2, 0) is 19.2 Å². The van der Waals surface area contributed by atoms with Crippen molar-refractivity contribution < 1.29 is 29.4 Å². The first-order chi connectivity index (χ1) is 8.41. The number of hydrogen-bond acceptors (Lipinski definition) is 4. The predicted molar refractivity (Wildman–Crippen MR) is 62.1 cm³/mol. The molecule has 18 heavy (non-hydrogen) atoms. The van der Waals surface area contributed by atoms with Crippen molar-refractivity contribution in [3.05, 3.63) is 12.2 Å². The number of allylic oxidation sites excluding steroid dienone is 2. The topological polar surface area (TPSA) is 109 Å². The van der Waals surface area contributed by atoms with Crippen molar-refractivity contribution in [2.75, 3.05) is 0 Å². The molecule has 0 amide bonds. The van der Waals surface area contributed by atoms with Crippen molar-refractivity contribution in [3.63, 3.8) is 0 Å². The number of Topliss-reactive ketones (excluding diaryl/α,β-unsaturated/α-hetero) is 2. The number of ketones is 2. The van der Waals surface area contributed by atoms with Crippen molar-refractivity contribution >= 4 is 23.5 Å². The van der Waals surface area contributed by atoms with E-state index >= 15 is 0 Å². The maximum absolute atomic E-state index is 11.0. The average molecular weight is 256 g/mol. The average Bonchev–Trinajstić information content (AvgIpc) is 2.20. The fourth-order valence-electron chi connectivity index (χ4n) is 1.24. The highest BCUT2D eigenvalue weighted by Crippen LogP contribution is 2.01. The van der Waals surface area contributed by atoms with Crippen molar-refractivity contribution in [2.45, 2.75) is 38.5 Å². The van der Waals surface area contributed by atoms with E-state index in [0.717, 1.165) is 0 Å². The summed E-state index contributed by atoms with van der Waals surface area (Å²) in [6.07, 6.45) is 3.62. The van der Waals surface area contributed by atoms with Crippen LogP contribution in [0.3, 0.4) is 0 Å². The lowest BCUT2D eigenvalue weighted by molar-refractivity contribution is -0.141. The summed E-state index contributed by atoms with van der Waals surface area (Å²) >= 11 is 0. The van der Waals surface area contributed by atoms with Gasteiger partial charge in [-0.2, -0.15) is 0 Å². The maximum Gasteiger partial charge on any atom is 0.310 e. The van der Waals surface area contributed by atoms with E-state index in [4.69, 9.17) is 10.2 Å². The van der Waals surface area contributed by atoms with Crippen LogP contribution in [0.15, 0.2) is 12.2 Å². The Kier molecular flexibility index (Phi) is 8.09.